The summed E-state index contributed by atoms with van der Waals surface area (Å²) in [4.78, 5) is 31.5. The molecule has 0 radical (unpaired) electrons. The summed E-state index contributed by atoms with van der Waals surface area (Å²) in [7, 11) is 2.05. The van der Waals surface area contributed by atoms with Gasteiger partial charge in [0, 0.05) is 38.3 Å². The van der Waals surface area contributed by atoms with Crippen LogP contribution < -0.4 is 0 Å². The smallest absolute Gasteiger partial charge is 0.254 e. The number of rotatable bonds is 2. The number of likely N-dealkylation sites (N-methyl/N-ethyl adjacent to an activating group) is 1. The van der Waals surface area contributed by atoms with Gasteiger partial charge in [-0.1, -0.05) is 17.7 Å². The molecule has 130 valence electrons. The van der Waals surface area contributed by atoms with Crippen LogP contribution in [0.15, 0.2) is 24.3 Å². The van der Waals surface area contributed by atoms with Crippen molar-refractivity contribution in [2.75, 3.05) is 53.0 Å². The molecule has 2 saturated heterocycles. The average Bonchev–Trinajstić information content (AvgIpc) is 2.62. The Labute approximate surface area is 143 Å². The topological polar surface area (TPSA) is 53.1 Å². The van der Waals surface area contributed by atoms with E-state index >= 15 is 0 Å². The van der Waals surface area contributed by atoms with Crippen molar-refractivity contribution in [2.45, 2.75) is 13.0 Å². The average molecular weight is 331 g/mol. The number of hydrogen-bond donors (Lipinski definition) is 0. The molecule has 0 aliphatic carbocycles. The summed E-state index contributed by atoms with van der Waals surface area (Å²) in [6, 6.07) is 6.97. The molecule has 24 heavy (non-hydrogen) atoms. The lowest BCUT2D eigenvalue weighted by Crippen LogP contribution is -2.59. The predicted octanol–water partition coefficient (Wildman–Crippen LogP) is 0.610. The summed E-state index contributed by atoms with van der Waals surface area (Å²) in [6.07, 6.45) is 0. The van der Waals surface area contributed by atoms with Crippen LogP contribution in [0.4, 0.5) is 0 Å². The zero-order chi connectivity index (χ0) is 17.1. The molecule has 3 rings (SSSR count). The molecule has 2 fully saturated rings. The molecule has 0 spiro atoms. The van der Waals surface area contributed by atoms with Gasteiger partial charge in [0.1, 0.15) is 6.04 Å². The minimum atomic E-state index is -0.518. The lowest BCUT2D eigenvalue weighted by Gasteiger charge is -2.40. The summed E-state index contributed by atoms with van der Waals surface area (Å²) in [6.45, 7) is 6.35. The van der Waals surface area contributed by atoms with Gasteiger partial charge in [0.15, 0.2) is 0 Å². The fraction of sp³-hybridized carbons (Fsp3) is 0.556. The number of amides is 2. The zero-order valence-corrected chi connectivity index (χ0v) is 14.4. The molecule has 1 unspecified atom stereocenters. The molecule has 1 aromatic carbocycles. The highest BCUT2D eigenvalue weighted by Gasteiger charge is 2.36. The fourth-order valence-electron chi connectivity index (χ4n) is 3.15. The number of morpholine rings is 1. The van der Waals surface area contributed by atoms with Crippen LogP contribution in [0.5, 0.6) is 0 Å². The largest absolute Gasteiger partial charge is 0.377 e. The first-order valence-corrected chi connectivity index (χ1v) is 8.49. The van der Waals surface area contributed by atoms with Gasteiger partial charge in [0.2, 0.25) is 5.91 Å². The molecule has 6 nitrogen and oxygen atoms in total. The van der Waals surface area contributed by atoms with Crippen molar-refractivity contribution in [3.05, 3.63) is 35.4 Å². The van der Waals surface area contributed by atoms with Crippen molar-refractivity contribution < 1.29 is 14.3 Å². The van der Waals surface area contributed by atoms with Crippen LogP contribution in [-0.4, -0.2) is 85.5 Å². The third-order valence-corrected chi connectivity index (χ3v) is 4.79. The quantitative estimate of drug-likeness (QED) is 0.797. The number of ether oxygens (including phenoxy) is 1. The second-order valence-electron chi connectivity index (χ2n) is 6.58. The summed E-state index contributed by atoms with van der Waals surface area (Å²) in [5, 5.41) is 0. The van der Waals surface area contributed by atoms with Crippen molar-refractivity contribution in [3.8, 4) is 0 Å². The van der Waals surface area contributed by atoms with Gasteiger partial charge < -0.3 is 19.4 Å². The molecule has 1 aromatic rings. The first kappa shape index (κ1) is 16.9. The maximum atomic E-state index is 12.9. The summed E-state index contributed by atoms with van der Waals surface area (Å²) in [5.41, 5.74) is 1.73. The number of carbonyl (C=O) groups excluding carboxylic acids is 2. The molecule has 2 heterocycles. The van der Waals surface area contributed by atoms with Gasteiger partial charge in [-0.3, -0.25) is 9.59 Å². The minimum Gasteiger partial charge on any atom is -0.377 e. The normalized spacial score (nSPS) is 22.5. The van der Waals surface area contributed by atoms with E-state index in [4.69, 9.17) is 4.74 Å². The highest BCUT2D eigenvalue weighted by Crippen LogP contribution is 2.16. The van der Waals surface area contributed by atoms with Crippen molar-refractivity contribution in [1.82, 2.24) is 14.7 Å². The standard InChI is InChI=1S/C18H25N3O3/c1-14-3-5-15(6-4-14)17(22)21-11-12-24-13-16(21)18(23)20-9-7-19(2)8-10-20/h3-6,16H,7-13H2,1-2H3. The Bertz CT molecular complexity index is 594. The maximum Gasteiger partial charge on any atom is 0.254 e. The van der Waals surface area contributed by atoms with Crippen LogP contribution in [0.25, 0.3) is 0 Å². The first-order valence-electron chi connectivity index (χ1n) is 8.49. The lowest BCUT2D eigenvalue weighted by molar-refractivity contribution is -0.142. The van der Waals surface area contributed by atoms with E-state index in [0.29, 0.717) is 31.8 Å². The van der Waals surface area contributed by atoms with E-state index in [1.165, 1.54) is 0 Å². The van der Waals surface area contributed by atoms with Crippen molar-refractivity contribution in [1.29, 1.82) is 0 Å². The minimum absolute atomic E-state index is 0.00302. The van der Waals surface area contributed by atoms with Crippen LogP contribution in [0, 0.1) is 6.92 Å². The third-order valence-electron chi connectivity index (χ3n) is 4.79. The summed E-state index contributed by atoms with van der Waals surface area (Å²) >= 11 is 0. The Kier molecular flexibility index (Phi) is 5.16. The first-order chi connectivity index (χ1) is 11.6. The number of carbonyl (C=O) groups is 2. The number of hydrogen-bond acceptors (Lipinski definition) is 4. The van der Waals surface area contributed by atoms with Gasteiger partial charge in [-0.2, -0.15) is 0 Å². The van der Waals surface area contributed by atoms with E-state index in [0.717, 1.165) is 18.7 Å². The van der Waals surface area contributed by atoms with Gasteiger partial charge in [0.25, 0.3) is 5.91 Å². The Morgan fingerprint density at radius 3 is 2.38 bits per heavy atom. The van der Waals surface area contributed by atoms with E-state index in [9.17, 15) is 9.59 Å². The predicted molar refractivity (Wildman–Crippen MR) is 90.9 cm³/mol. The van der Waals surface area contributed by atoms with Crippen LogP contribution in [0.3, 0.4) is 0 Å². The monoisotopic (exact) mass is 331 g/mol. The Morgan fingerprint density at radius 2 is 1.71 bits per heavy atom. The molecule has 0 bridgehead atoms. The van der Waals surface area contributed by atoms with E-state index in [2.05, 4.69) is 11.9 Å². The zero-order valence-electron chi connectivity index (χ0n) is 14.4. The van der Waals surface area contributed by atoms with Gasteiger partial charge in [-0.25, -0.2) is 0 Å². The molecular formula is C18H25N3O3. The van der Waals surface area contributed by atoms with Crippen LogP contribution >= 0.6 is 0 Å². The molecule has 6 heteroatoms. The molecule has 2 aliphatic rings. The molecule has 0 saturated carbocycles. The SMILES string of the molecule is Cc1ccc(C(=O)N2CCOCC2C(=O)N2CCN(C)CC2)cc1. The molecule has 1 atom stereocenters. The van der Waals surface area contributed by atoms with Crippen molar-refractivity contribution in [2.24, 2.45) is 0 Å². The summed E-state index contributed by atoms with van der Waals surface area (Å²) in [5.74, 6) is -0.0889. The Balaban J connectivity index is 1.74. The molecule has 2 amide bonds. The Morgan fingerprint density at radius 1 is 1.04 bits per heavy atom. The fourth-order valence-corrected chi connectivity index (χ4v) is 3.15. The molecular weight excluding hydrogens is 306 g/mol. The van der Waals surface area contributed by atoms with Gasteiger partial charge in [-0.05, 0) is 26.1 Å². The third kappa shape index (κ3) is 3.60. The molecule has 2 aliphatic heterocycles. The Hall–Kier alpha value is -1.92. The van der Waals surface area contributed by atoms with E-state index in [1.807, 2.05) is 36.1 Å². The van der Waals surface area contributed by atoms with E-state index < -0.39 is 6.04 Å². The second kappa shape index (κ2) is 7.32. The molecule has 0 N–H and O–H groups in total. The van der Waals surface area contributed by atoms with Crippen LogP contribution in [-0.2, 0) is 9.53 Å². The van der Waals surface area contributed by atoms with Crippen LogP contribution in [0.1, 0.15) is 15.9 Å². The second-order valence-corrected chi connectivity index (χ2v) is 6.58. The number of benzene rings is 1. The number of piperazine rings is 1. The highest BCUT2D eigenvalue weighted by atomic mass is 16.5. The summed E-state index contributed by atoms with van der Waals surface area (Å²) < 4.78 is 5.50. The van der Waals surface area contributed by atoms with E-state index in [1.54, 1.807) is 4.90 Å². The van der Waals surface area contributed by atoms with Gasteiger partial charge >= 0.3 is 0 Å². The number of nitrogens with zero attached hydrogens (tertiary/aromatic N) is 3. The van der Waals surface area contributed by atoms with Crippen LogP contribution in [0.2, 0.25) is 0 Å². The number of aryl methyl sites for hydroxylation is 1. The van der Waals surface area contributed by atoms with Crippen molar-refractivity contribution >= 4 is 11.8 Å². The highest BCUT2D eigenvalue weighted by molar-refractivity contribution is 5.97. The lowest BCUT2D eigenvalue weighted by atomic mass is 10.1. The van der Waals surface area contributed by atoms with Gasteiger partial charge in [0.05, 0.1) is 13.2 Å². The van der Waals surface area contributed by atoms with E-state index in [-0.39, 0.29) is 18.4 Å². The molecule has 0 aromatic heterocycles. The van der Waals surface area contributed by atoms with Crippen molar-refractivity contribution in [3.63, 3.8) is 0 Å². The maximum absolute atomic E-state index is 12.9. The van der Waals surface area contributed by atoms with Gasteiger partial charge in [-0.15, -0.1) is 0 Å².